The summed E-state index contributed by atoms with van der Waals surface area (Å²) in [5, 5.41) is 7.17. The third-order valence-corrected chi connectivity index (χ3v) is 4.49. The number of aromatic nitrogens is 1. The molecule has 0 radical (unpaired) electrons. The molecule has 2 aromatic rings. The van der Waals surface area contributed by atoms with Crippen molar-refractivity contribution in [2.75, 3.05) is 6.54 Å². The van der Waals surface area contributed by atoms with Gasteiger partial charge in [0.1, 0.15) is 10.8 Å². The van der Waals surface area contributed by atoms with Crippen LogP contribution in [0.15, 0.2) is 33.0 Å². The lowest BCUT2D eigenvalue weighted by Gasteiger charge is -2.10. The second kappa shape index (κ2) is 8.61. The molecule has 0 bridgehead atoms. The Labute approximate surface area is 154 Å². The summed E-state index contributed by atoms with van der Waals surface area (Å²) in [4.78, 5) is 7.84. The molecule has 0 amide bonds. The van der Waals surface area contributed by atoms with Crippen LogP contribution < -0.4 is 10.6 Å². The van der Waals surface area contributed by atoms with Crippen LogP contribution in [0, 0.1) is 5.82 Å². The standard InChI is InChI=1S/C15H15BrF4N4S/c1-2-21-14(22-6-9-3-4-10(16)11(17)5-9)23-7-13-24-12(8-25-13)15(18,19)20/h3-5,8H,2,6-7H2,1H3,(H2,21,22,23). The van der Waals surface area contributed by atoms with Crippen LogP contribution in [-0.4, -0.2) is 17.5 Å². The molecule has 0 unspecified atom stereocenters. The number of benzene rings is 1. The average Bonchev–Trinajstić information content (AvgIpc) is 3.02. The van der Waals surface area contributed by atoms with Crippen LogP contribution >= 0.6 is 27.3 Å². The van der Waals surface area contributed by atoms with Gasteiger partial charge in [-0.25, -0.2) is 14.4 Å². The van der Waals surface area contributed by atoms with Gasteiger partial charge in [-0.1, -0.05) is 6.07 Å². The maximum absolute atomic E-state index is 13.5. The van der Waals surface area contributed by atoms with Crippen molar-refractivity contribution >= 4 is 33.2 Å². The first-order valence-electron chi connectivity index (χ1n) is 7.27. The number of hydrogen-bond donors (Lipinski definition) is 2. The number of nitrogens with one attached hydrogen (secondary N) is 2. The summed E-state index contributed by atoms with van der Waals surface area (Å²) in [5.41, 5.74) is -0.229. The predicted octanol–water partition coefficient (Wildman–Crippen LogP) is 4.32. The number of guanidine groups is 1. The van der Waals surface area contributed by atoms with Crippen LogP contribution in [0.25, 0.3) is 0 Å². The predicted molar refractivity (Wildman–Crippen MR) is 92.9 cm³/mol. The Hall–Kier alpha value is -1.68. The molecule has 0 atom stereocenters. The van der Waals surface area contributed by atoms with Crippen molar-refractivity contribution in [3.8, 4) is 0 Å². The zero-order valence-corrected chi connectivity index (χ0v) is 15.5. The Kier molecular flexibility index (Phi) is 6.77. The second-order valence-corrected chi connectivity index (χ2v) is 6.72. The van der Waals surface area contributed by atoms with Crippen molar-refractivity contribution in [3.63, 3.8) is 0 Å². The van der Waals surface area contributed by atoms with Crippen molar-refractivity contribution in [2.24, 2.45) is 4.99 Å². The molecule has 1 aromatic carbocycles. The van der Waals surface area contributed by atoms with E-state index in [0.717, 1.165) is 16.7 Å². The number of halogens is 5. The molecule has 0 saturated carbocycles. The molecule has 0 spiro atoms. The van der Waals surface area contributed by atoms with Gasteiger partial charge >= 0.3 is 6.18 Å². The van der Waals surface area contributed by atoms with Crippen molar-refractivity contribution in [1.29, 1.82) is 0 Å². The molecule has 0 aliphatic carbocycles. The zero-order valence-electron chi connectivity index (χ0n) is 13.1. The van der Waals surface area contributed by atoms with E-state index < -0.39 is 11.9 Å². The lowest BCUT2D eigenvalue weighted by molar-refractivity contribution is -0.140. The van der Waals surface area contributed by atoms with Crippen molar-refractivity contribution in [1.82, 2.24) is 15.6 Å². The Morgan fingerprint density at radius 1 is 1.32 bits per heavy atom. The molecule has 1 heterocycles. The first-order chi connectivity index (χ1) is 11.8. The molecule has 0 saturated heterocycles. The van der Waals surface area contributed by atoms with Gasteiger partial charge < -0.3 is 10.6 Å². The van der Waals surface area contributed by atoms with Crippen LogP contribution in [0.3, 0.4) is 0 Å². The topological polar surface area (TPSA) is 49.3 Å². The van der Waals surface area contributed by atoms with Crippen molar-refractivity contribution in [2.45, 2.75) is 26.2 Å². The number of nitrogens with zero attached hydrogens (tertiary/aromatic N) is 2. The van der Waals surface area contributed by atoms with E-state index in [9.17, 15) is 17.6 Å². The molecule has 25 heavy (non-hydrogen) atoms. The highest BCUT2D eigenvalue weighted by molar-refractivity contribution is 9.10. The van der Waals surface area contributed by atoms with E-state index in [2.05, 4.69) is 36.5 Å². The largest absolute Gasteiger partial charge is 0.434 e. The minimum atomic E-state index is -4.45. The maximum atomic E-state index is 13.5. The summed E-state index contributed by atoms with van der Waals surface area (Å²) < 4.78 is 51.5. The van der Waals surface area contributed by atoms with Crippen LogP contribution in [0.2, 0.25) is 0 Å². The summed E-state index contributed by atoms with van der Waals surface area (Å²) in [6.45, 7) is 2.78. The van der Waals surface area contributed by atoms with Gasteiger partial charge in [0.2, 0.25) is 0 Å². The molecule has 2 rings (SSSR count). The number of aliphatic imine (C=N–C) groups is 1. The Bertz CT molecular complexity index is 745. The van der Waals surface area contributed by atoms with Gasteiger partial charge in [-0.15, -0.1) is 11.3 Å². The van der Waals surface area contributed by atoms with E-state index in [1.165, 1.54) is 6.07 Å². The van der Waals surface area contributed by atoms with E-state index in [1.807, 2.05) is 6.92 Å². The number of alkyl halides is 3. The molecule has 10 heteroatoms. The molecule has 1 aromatic heterocycles. The first-order valence-corrected chi connectivity index (χ1v) is 8.94. The fourth-order valence-corrected chi connectivity index (χ4v) is 2.82. The summed E-state index contributed by atoms with van der Waals surface area (Å²) >= 11 is 4.00. The van der Waals surface area contributed by atoms with Gasteiger partial charge in [0.15, 0.2) is 11.7 Å². The van der Waals surface area contributed by atoms with Crippen molar-refractivity contribution in [3.05, 3.63) is 50.1 Å². The van der Waals surface area contributed by atoms with Crippen LogP contribution in [0.1, 0.15) is 23.2 Å². The minimum Gasteiger partial charge on any atom is -0.357 e. The van der Waals surface area contributed by atoms with Gasteiger partial charge in [-0.3, -0.25) is 0 Å². The Morgan fingerprint density at radius 3 is 2.68 bits per heavy atom. The molecule has 136 valence electrons. The summed E-state index contributed by atoms with van der Waals surface area (Å²) in [6, 6.07) is 4.69. The van der Waals surface area contributed by atoms with Gasteiger partial charge in [0.25, 0.3) is 0 Å². The third kappa shape index (κ3) is 5.96. The lowest BCUT2D eigenvalue weighted by atomic mass is 10.2. The van der Waals surface area contributed by atoms with Gasteiger partial charge in [0, 0.05) is 11.9 Å². The quantitative estimate of drug-likeness (QED) is 0.415. The zero-order chi connectivity index (χ0) is 18.4. The van der Waals surface area contributed by atoms with Crippen LogP contribution in [0.4, 0.5) is 17.6 Å². The monoisotopic (exact) mass is 438 g/mol. The molecule has 2 N–H and O–H groups in total. The molecular formula is C15H15BrF4N4S. The number of rotatable bonds is 5. The van der Waals surface area contributed by atoms with Gasteiger partial charge in [-0.05, 0) is 40.5 Å². The lowest BCUT2D eigenvalue weighted by Crippen LogP contribution is -2.36. The SMILES string of the molecule is CCNC(=NCc1ccc(Br)c(F)c1)NCc1nc(C(F)(F)F)cs1. The summed E-state index contributed by atoms with van der Waals surface area (Å²) in [5.74, 6) is 0.0303. The number of hydrogen-bond acceptors (Lipinski definition) is 3. The van der Waals surface area contributed by atoms with E-state index in [4.69, 9.17) is 0 Å². The first kappa shape index (κ1) is 19.6. The van der Waals surface area contributed by atoms with Crippen molar-refractivity contribution < 1.29 is 17.6 Å². The highest BCUT2D eigenvalue weighted by atomic mass is 79.9. The van der Waals surface area contributed by atoms with Gasteiger partial charge in [-0.2, -0.15) is 13.2 Å². The maximum Gasteiger partial charge on any atom is 0.434 e. The Balaban J connectivity index is 1.99. The molecule has 0 fully saturated rings. The normalized spacial score (nSPS) is 12.3. The average molecular weight is 439 g/mol. The minimum absolute atomic E-state index is 0.112. The highest BCUT2D eigenvalue weighted by Crippen LogP contribution is 2.29. The Morgan fingerprint density at radius 2 is 2.08 bits per heavy atom. The molecular weight excluding hydrogens is 424 g/mol. The highest BCUT2D eigenvalue weighted by Gasteiger charge is 2.33. The van der Waals surface area contributed by atoms with E-state index >= 15 is 0 Å². The fourth-order valence-electron chi connectivity index (χ4n) is 1.83. The molecule has 0 aliphatic rings. The summed E-state index contributed by atoms with van der Waals surface area (Å²) in [7, 11) is 0. The fraction of sp³-hybridized carbons (Fsp3) is 0.333. The van der Waals surface area contributed by atoms with E-state index in [0.29, 0.717) is 27.5 Å². The smallest absolute Gasteiger partial charge is 0.357 e. The van der Waals surface area contributed by atoms with Crippen LogP contribution in [-0.2, 0) is 19.3 Å². The second-order valence-electron chi connectivity index (χ2n) is 4.92. The number of thiazole rings is 1. The molecule has 0 aliphatic heterocycles. The molecule has 4 nitrogen and oxygen atoms in total. The van der Waals surface area contributed by atoms with Gasteiger partial charge in [0.05, 0.1) is 17.6 Å². The summed E-state index contributed by atoms with van der Waals surface area (Å²) in [6.07, 6.45) is -4.45. The van der Waals surface area contributed by atoms with E-state index in [1.54, 1.807) is 12.1 Å². The van der Waals surface area contributed by atoms with E-state index in [-0.39, 0.29) is 18.9 Å². The third-order valence-electron chi connectivity index (χ3n) is 3.00. The van der Waals surface area contributed by atoms with Crippen LogP contribution in [0.5, 0.6) is 0 Å².